The van der Waals surface area contributed by atoms with E-state index >= 15 is 0 Å². The third-order valence-electron chi connectivity index (χ3n) is 4.62. The Morgan fingerprint density at radius 2 is 1.52 bits per heavy atom. The number of benzene rings is 3. The fourth-order valence-electron chi connectivity index (χ4n) is 2.87. The number of ether oxygens (including phenoxy) is 2. The molecule has 0 amide bonds. The molecule has 162 valence electrons. The van der Waals surface area contributed by atoms with E-state index in [1.165, 1.54) is 12.1 Å². The molecule has 0 bridgehead atoms. The van der Waals surface area contributed by atoms with Gasteiger partial charge in [-0.15, -0.1) is 0 Å². The number of esters is 1. The smallest absolute Gasteiger partial charge is 0.337 e. The van der Waals surface area contributed by atoms with E-state index in [1.807, 2.05) is 25.1 Å². The molecular formula is C24H24O6S. The van der Waals surface area contributed by atoms with Crippen LogP contribution in [0.5, 0.6) is 5.75 Å². The number of aryl methyl sites for hydroxylation is 1. The number of rotatable bonds is 9. The molecule has 0 aromatic heterocycles. The highest BCUT2D eigenvalue weighted by Gasteiger charge is 2.29. The van der Waals surface area contributed by atoms with Gasteiger partial charge >= 0.3 is 5.97 Å². The second-order valence-corrected chi connectivity index (χ2v) is 8.57. The quantitative estimate of drug-likeness (QED) is 0.369. The van der Waals surface area contributed by atoms with Gasteiger partial charge in [0.15, 0.2) is 6.10 Å². The van der Waals surface area contributed by atoms with E-state index in [0.717, 1.165) is 16.7 Å². The van der Waals surface area contributed by atoms with Crippen LogP contribution in [0.3, 0.4) is 0 Å². The molecule has 0 radical (unpaired) electrons. The van der Waals surface area contributed by atoms with E-state index in [0.29, 0.717) is 5.75 Å². The summed E-state index contributed by atoms with van der Waals surface area (Å²) in [6.07, 6.45) is -1.25. The van der Waals surface area contributed by atoms with Gasteiger partial charge in [0.25, 0.3) is 10.1 Å². The lowest BCUT2D eigenvalue weighted by Gasteiger charge is -2.17. The SMILES string of the molecule is COc1ccc(COC(=O)[C@@H](Cc2ccccc2)OS(=O)(=O)c2ccc(C)cc2)cc1. The van der Waals surface area contributed by atoms with Crippen molar-refractivity contribution in [3.05, 3.63) is 95.6 Å². The fraction of sp³-hybridized carbons (Fsp3) is 0.208. The molecule has 31 heavy (non-hydrogen) atoms. The van der Waals surface area contributed by atoms with E-state index in [2.05, 4.69) is 0 Å². The maximum Gasteiger partial charge on any atom is 0.337 e. The van der Waals surface area contributed by atoms with E-state index < -0.39 is 22.2 Å². The first-order valence-electron chi connectivity index (χ1n) is 9.71. The zero-order valence-electron chi connectivity index (χ0n) is 17.4. The fourth-order valence-corrected chi connectivity index (χ4v) is 3.90. The van der Waals surface area contributed by atoms with Crippen molar-refractivity contribution in [2.75, 3.05) is 7.11 Å². The standard InChI is InChI=1S/C24H24O6S/c1-18-8-14-22(15-9-18)31(26,27)30-23(16-19-6-4-3-5-7-19)24(25)29-17-20-10-12-21(28-2)13-11-20/h3-15,23H,16-17H2,1-2H3/t23-/m1/s1. The van der Waals surface area contributed by atoms with Crippen molar-refractivity contribution in [2.24, 2.45) is 0 Å². The Balaban J connectivity index is 1.76. The summed E-state index contributed by atoms with van der Waals surface area (Å²) < 4.78 is 41.3. The van der Waals surface area contributed by atoms with Crippen molar-refractivity contribution in [2.45, 2.75) is 31.0 Å². The van der Waals surface area contributed by atoms with Gasteiger partial charge in [-0.25, -0.2) is 4.79 Å². The van der Waals surface area contributed by atoms with Crippen LogP contribution < -0.4 is 4.74 Å². The Hall–Kier alpha value is -3.16. The summed E-state index contributed by atoms with van der Waals surface area (Å²) in [7, 11) is -2.59. The molecule has 6 nitrogen and oxygen atoms in total. The lowest BCUT2D eigenvalue weighted by molar-refractivity contribution is -0.153. The van der Waals surface area contributed by atoms with Crippen LogP contribution in [-0.4, -0.2) is 27.6 Å². The van der Waals surface area contributed by atoms with Crippen LogP contribution in [0.15, 0.2) is 83.8 Å². The van der Waals surface area contributed by atoms with Crippen LogP contribution in [0, 0.1) is 6.92 Å². The predicted molar refractivity (Wildman–Crippen MR) is 116 cm³/mol. The normalized spacial score (nSPS) is 12.2. The number of hydrogen-bond acceptors (Lipinski definition) is 6. The van der Waals surface area contributed by atoms with Gasteiger partial charge in [-0.1, -0.05) is 60.2 Å². The van der Waals surface area contributed by atoms with Crippen molar-refractivity contribution < 1.29 is 26.9 Å². The second-order valence-electron chi connectivity index (χ2n) is 7.00. The highest BCUT2D eigenvalue weighted by atomic mass is 32.2. The molecule has 0 aliphatic carbocycles. The molecule has 0 aliphatic rings. The molecule has 3 rings (SSSR count). The van der Waals surface area contributed by atoms with Gasteiger partial charge in [-0.05, 0) is 42.3 Å². The first-order valence-corrected chi connectivity index (χ1v) is 11.1. The minimum atomic E-state index is -4.15. The number of hydrogen-bond donors (Lipinski definition) is 0. The predicted octanol–water partition coefficient (Wildman–Crippen LogP) is 4.06. The zero-order chi connectivity index (χ0) is 22.3. The Bertz CT molecular complexity index is 1090. The van der Waals surface area contributed by atoms with Gasteiger partial charge in [0, 0.05) is 6.42 Å². The van der Waals surface area contributed by atoms with Crippen LogP contribution in [-0.2, 0) is 36.9 Å². The van der Waals surface area contributed by atoms with Gasteiger partial charge in [-0.3, -0.25) is 4.18 Å². The van der Waals surface area contributed by atoms with E-state index in [9.17, 15) is 13.2 Å². The van der Waals surface area contributed by atoms with Gasteiger partial charge in [0.05, 0.1) is 12.0 Å². The molecule has 0 unspecified atom stereocenters. The lowest BCUT2D eigenvalue weighted by atomic mass is 10.1. The number of carbonyl (C=O) groups is 1. The summed E-state index contributed by atoms with van der Waals surface area (Å²) >= 11 is 0. The lowest BCUT2D eigenvalue weighted by Crippen LogP contribution is -2.31. The van der Waals surface area contributed by atoms with Crippen molar-refractivity contribution >= 4 is 16.1 Å². The maximum atomic E-state index is 12.8. The summed E-state index contributed by atoms with van der Waals surface area (Å²) in [4.78, 5) is 12.8. The molecule has 0 saturated carbocycles. The van der Waals surface area contributed by atoms with Gasteiger partial charge in [0.1, 0.15) is 12.4 Å². The average molecular weight is 441 g/mol. The molecule has 0 saturated heterocycles. The Morgan fingerprint density at radius 1 is 0.871 bits per heavy atom. The number of carbonyl (C=O) groups excluding carboxylic acids is 1. The largest absolute Gasteiger partial charge is 0.497 e. The van der Waals surface area contributed by atoms with Crippen LogP contribution >= 0.6 is 0 Å². The molecule has 0 fully saturated rings. The van der Waals surface area contributed by atoms with Gasteiger partial charge < -0.3 is 9.47 Å². The molecule has 1 atom stereocenters. The third kappa shape index (κ3) is 6.41. The molecule has 3 aromatic rings. The molecule has 0 spiro atoms. The van der Waals surface area contributed by atoms with Crippen LogP contribution in [0.1, 0.15) is 16.7 Å². The molecule has 0 aliphatic heterocycles. The monoisotopic (exact) mass is 440 g/mol. The van der Waals surface area contributed by atoms with Crippen LogP contribution in [0.4, 0.5) is 0 Å². The van der Waals surface area contributed by atoms with E-state index in [4.69, 9.17) is 13.7 Å². The Kier molecular flexibility index (Phi) is 7.44. The van der Waals surface area contributed by atoms with Crippen molar-refractivity contribution in [1.82, 2.24) is 0 Å². The molecule has 0 heterocycles. The average Bonchev–Trinajstić information content (AvgIpc) is 2.78. The van der Waals surface area contributed by atoms with Crippen LogP contribution in [0.2, 0.25) is 0 Å². The summed E-state index contributed by atoms with van der Waals surface area (Å²) in [5, 5.41) is 0. The summed E-state index contributed by atoms with van der Waals surface area (Å²) in [5.74, 6) is -0.0695. The molecule has 7 heteroatoms. The van der Waals surface area contributed by atoms with E-state index in [1.54, 1.807) is 55.6 Å². The molecule has 3 aromatic carbocycles. The molecule has 0 N–H and O–H groups in total. The maximum absolute atomic E-state index is 12.8. The Labute approximate surface area is 182 Å². The Morgan fingerprint density at radius 3 is 2.13 bits per heavy atom. The third-order valence-corrected chi connectivity index (χ3v) is 5.95. The highest BCUT2D eigenvalue weighted by molar-refractivity contribution is 7.86. The van der Waals surface area contributed by atoms with E-state index in [-0.39, 0.29) is 17.9 Å². The van der Waals surface area contributed by atoms with Crippen molar-refractivity contribution in [3.63, 3.8) is 0 Å². The van der Waals surface area contributed by atoms with Crippen molar-refractivity contribution in [3.8, 4) is 5.75 Å². The zero-order valence-corrected chi connectivity index (χ0v) is 18.2. The summed E-state index contributed by atoms with van der Waals surface area (Å²) in [6.45, 7) is 1.84. The summed E-state index contributed by atoms with van der Waals surface area (Å²) in [5.41, 5.74) is 2.42. The van der Waals surface area contributed by atoms with Crippen LogP contribution in [0.25, 0.3) is 0 Å². The highest BCUT2D eigenvalue weighted by Crippen LogP contribution is 2.19. The minimum Gasteiger partial charge on any atom is -0.497 e. The first-order chi connectivity index (χ1) is 14.9. The second kappa shape index (κ2) is 10.2. The van der Waals surface area contributed by atoms with Gasteiger partial charge in [0.2, 0.25) is 0 Å². The minimum absolute atomic E-state index is 0.0118. The summed E-state index contributed by atoms with van der Waals surface area (Å²) in [6, 6.07) is 22.3. The topological polar surface area (TPSA) is 78.9 Å². The number of methoxy groups -OCH3 is 1. The molecular weight excluding hydrogens is 416 g/mol. The van der Waals surface area contributed by atoms with Gasteiger partial charge in [-0.2, -0.15) is 8.42 Å². The first kappa shape index (κ1) is 22.5. The van der Waals surface area contributed by atoms with Crippen molar-refractivity contribution in [1.29, 1.82) is 0 Å².